The normalized spacial score (nSPS) is 7.92. The molecule has 0 aliphatic carbocycles. The third kappa shape index (κ3) is 4.28. The molecule has 0 spiro atoms. The number of hydrogen-bond donors (Lipinski definition) is 0. The molecule has 0 fully saturated rings. The van der Waals surface area contributed by atoms with Crippen molar-refractivity contribution in [1.82, 2.24) is 0 Å². The second-order valence-corrected chi connectivity index (χ2v) is 2.29. The van der Waals surface area contributed by atoms with Gasteiger partial charge in [-0.25, -0.2) is 4.39 Å². The SMILES string of the molecule is CN(C)c1[c-]ccc(F)c1.[Br-].[Mg+2]. The number of halogens is 2. The molecule has 0 aliphatic rings. The van der Waals surface area contributed by atoms with Crippen LogP contribution in [0.4, 0.5) is 10.1 Å². The quantitative estimate of drug-likeness (QED) is 0.420. The molecule has 0 unspecified atom stereocenters. The van der Waals surface area contributed by atoms with Crippen LogP contribution in [-0.4, -0.2) is 37.1 Å². The van der Waals surface area contributed by atoms with Crippen molar-refractivity contribution in [2.45, 2.75) is 0 Å². The fourth-order valence-corrected chi connectivity index (χ4v) is 0.685. The standard InChI is InChI=1S/C8H9FN.BrH.Mg/c1-10(2)8-5-3-4-7(9)6-8;;/h3-4,6H,1-2H3;1H;/q-1;;+2/p-1. The van der Waals surface area contributed by atoms with E-state index in [1.54, 1.807) is 6.07 Å². The van der Waals surface area contributed by atoms with Crippen LogP contribution < -0.4 is 21.9 Å². The van der Waals surface area contributed by atoms with Crippen molar-refractivity contribution in [2.24, 2.45) is 0 Å². The topological polar surface area (TPSA) is 3.24 Å². The molecular weight excluding hydrogens is 233 g/mol. The molecule has 0 N–H and O–H groups in total. The van der Waals surface area contributed by atoms with E-state index >= 15 is 0 Å². The summed E-state index contributed by atoms with van der Waals surface area (Å²) < 4.78 is 12.5. The molecule has 0 radical (unpaired) electrons. The van der Waals surface area contributed by atoms with E-state index in [2.05, 4.69) is 6.07 Å². The first-order valence-corrected chi connectivity index (χ1v) is 3.05. The van der Waals surface area contributed by atoms with Crippen molar-refractivity contribution in [3.05, 3.63) is 30.1 Å². The molecule has 12 heavy (non-hydrogen) atoms. The van der Waals surface area contributed by atoms with Gasteiger partial charge in [0.15, 0.2) is 0 Å². The Labute approximate surface area is 98.9 Å². The molecule has 0 bridgehead atoms. The van der Waals surface area contributed by atoms with Gasteiger partial charge in [0.1, 0.15) is 0 Å². The maximum Gasteiger partial charge on any atom is 2.00 e. The molecule has 1 nitrogen and oxygen atoms in total. The van der Waals surface area contributed by atoms with E-state index < -0.39 is 0 Å². The number of benzene rings is 1. The van der Waals surface area contributed by atoms with Gasteiger partial charge in [0.25, 0.3) is 0 Å². The van der Waals surface area contributed by atoms with Crippen molar-refractivity contribution in [2.75, 3.05) is 19.0 Å². The van der Waals surface area contributed by atoms with Gasteiger partial charge in [-0.2, -0.15) is 12.1 Å². The Morgan fingerprint density at radius 2 is 2.00 bits per heavy atom. The number of anilines is 1. The summed E-state index contributed by atoms with van der Waals surface area (Å²) in [5, 5.41) is 0. The second kappa shape index (κ2) is 6.68. The van der Waals surface area contributed by atoms with Gasteiger partial charge >= 0.3 is 23.1 Å². The van der Waals surface area contributed by atoms with E-state index in [-0.39, 0.29) is 45.9 Å². The molecular formula is C8H9BrFMgN. The smallest absolute Gasteiger partial charge is 1.00 e. The Morgan fingerprint density at radius 3 is 2.33 bits per heavy atom. The molecule has 0 aliphatic heterocycles. The van der Waals surface area contributed by atoms with E-state index in [9.17, 15) is 4.39 Å². The van der Waals surface area contributed by atoms with Crippen LogP contribution in [-0.2, 0) is 0 Å². The van der Waals surface area contributed by atoms with Crippen molar-refractivity contribution in [3.63, 3.8) is 0 Å². The molecule has 0 aromatic heterocycles. The van der Waals surface area contributed by atoms with Gasteiger partial charge in [-0.15, -0.1) is 12.1 Å². The zero-order valence-electron chi connectivity index (χ0n) is 7.14. The zero-order valence-corrected chi connectivity index (χ0v) is 10.1. The minimum atomic E-state index is -0.220. The predicted molar refractivity (Wildman–Crippen MR) is 45.3 cm³/mol. The molecule has 1 rings (SSSR count). The molecule has 0 amide bonds. The first kappa shape index (κ1) is 14.7. The molecule has 62 valence electrons. The molecule has 1 aromatic rings. The average Bonchev–Trinajstić information content (AvgIpc) is 1.88. The summed E-state index contributed by atoms with van der Waals surface area (Å²) in [6.45, 7) is 0. The minimum absolute atomic E-state index is 0. The van der Waals surface area contributed by atoms with E-state index in [4.69, 9.17) is 0 Å². The van der Waals surface area contributed by atoms with Crippen molar-refractivity contribution < 1.29 is 21.4 Å². The number of hydrogen-bond acceptors (Lipinski definition) is 1. The maximum absolute atomic E-state index is 12.5. The first-order valence-electron chi connectivity index (χ1n) is 3.05. The van der Waals surface area contributed by atoms with Gasteiger partial charge in [0.05, 0.1) is 0 Å². The van der Waals surface area contributed by atoms with Crippen molar-refractivity contribution in [3.8, 4) is 0 Å². The summed E-state index contributed by atoms with van der Waals surface area (Å²) in [6, 6.07) is 7.30. The Balaban J connectivity index is 0. The maximum atomic E-state index is 12.5. The van der Waals surface area contributed by atoms with Crippen LogP contribution in [0.5, 0.6) is 0 Å². The summed E-state index contributed by atoms with van der Waals surface area (Å²) >= 11 is 0. The molecule has 0 saturated heterocycles. The van der Waals surface area contributed by atoms with Crippen LogP contribution in [0.15, 0.2) is 18.2 Å². The van der Waals surface area contributed by atoms with Crippen LogP contribution in [0.1, 0.15) is 0 Å². The second-order valence-electron chi connectivity index (χ2n) is 2.29. The summed E-state index contributed by atoms with van der Waals surface area (Å²) in [5.74, 6) is -0.220. The summed E-state index contributed by atoms with van der Waals surface area (Å²) in [5.41, 5.74) is 0.764. The third-order valence-electron chi connectivity index (χ3n) is 1.23. The van der Waals surface area contributed by atoms with E-state index in [1.807, 2.05) is 19.0 Å². The third-order valence-corrected chi connectivity index (χ3v) is 1.23. The van der Waals surface area contributed by atoms with Gasteiger partial charge in [-0.1, -0.05) is 5.69 Å². The fraction of sp³-hybridized carbons (Fsp3) is 0.250. The number of rotatable bonds is 1. The largest absolute Gasteiger partial charge is 2.00 e. The van der Waals surface area contributed by atoms with Gasteiger partial charge in [-0.3, -0.25) is 0 Å². The predicted octanol–water partition coefficient (Wildman–Crippen LogP) is -1.68. The van der Waals surface area contributed by atoms with E-state index in [0.717, 1.165) is 5.69 Å². The Morgan fingerprint density at radius 1 is 1.42 bits per heavy atom. The fourth-order valence-electron chi connectivity index (χ4n) is 0.685. The average molecular weight is 242 g/mol. The summed E-state index contributed by atoms with van der Waals surface area (Å²) in [6.07, 6.45) is 0. The monoisotopic (exact) mass is 241 g/mol. The van der Waals surface area contributed by atoms with Crippen LogP contribution in [0.2, 0.25) is 0 Å². The Hall–Kier alpha value is 0.196. The van der Waals surface area contributed by atoms with Crippen molar-refractivity contribution in [1.29, 1.82) is 0 Å². The van der Waals surface area contributed by atoms with E-state index in [1.165, 1.54) is 12.1 Å². The Kier molecular flexibility index (Phi) is 8.19. The van der Waals surface area contributed by atoms with Gasteiger partial charge in [-0.05, 0) is 0 Å². The zero-order chi connectivity index (χ0) is 7.56. The summed E-state index contributed by atoms with van der Waals surface area (Å²) in [4.78, 5) is 1.81. The Bertz CT molecular complexity index is 230. The minimum Gasteiger partial charge on any atom is -1.00 e. The van der Waals surface area contributed by atoms with Gasteiger partial charge < -0.3 is 21.9 Å². The molecule has 0 saturated carbocycles. The van der Waals surface area contributed by atoms with Crippen LogP contribution >= 0.6 is 0 Å². The van der Waals surface area contributed by atoms with Gasteiger partial charge in [0.2, 0.25) is 0 Å². The van der Waals surface area contributed by atoms with Crippen LogP contribution in [0.25, 0.3) is 0 Å². The first-order chi connectivity index (χ1) is 4.70. The van der Waals surface area contributed by atoms with Crippen LogP contribution in [0.3, 0.4) is 0 Å². The van der Waals surface area contributed by atoms with Crippen molar-refractivity contribution >= 4 is 28.7 Å². The van der Waals surface area contributed by atoms with Crippen LogP contribution in [0, 0.1) is 11.9 Å². The summed E-state index contributed by atoms with van der Waals surface area (Å²) in [7, 11) is 3.70. The van der Waals surface area contributed by atoms with Gasteiger partial charge in [0, 0.05) is 19.9 Å². The molecule has 4 heteroatoms. The number of nitrogens with zero attached hydrogens (tertiary/aromatic N) is 1. The molecule has 0 atom stereocenters. The molecule has 1 aromatic carbocycles. The molecule has 0 heterocycles. The van der Waals surface area contributed by atoms with E-state index in [0.29, 0.717) is 0 Å².